The fourth-order valence-electron chi connectivity index (χ4n) is 4.74. The number of nitrogens with two attached hydrogens (primary N) is 1. The Balaban J connectivity index is 1.81. The molecule has 0 aliphatic heterocycles. The number of hydrogen-bond acceptors (Lipinski definition) is 11. The molecule has 1 aromatic carbocycles. The average Bonchev–Trinajstić information content (AvgIpc) is 3.39. The van der Waals surface area contributed by atoms with Crippen molar-refractivity contribution in [3.8, 4) is 5.75 Å². The first kappa shape index (κ1) is 33.3. The van der Waals surface area contributed by atoms with E-state index in [1.165, 1.54) is 31.5 Å². The van der Waals surface area contributed by atoms with Crippen LogP contribution in [-0.2, 0) is 35.7 Å². The zero-order chi connectivity index (χ0) is 31.9. The Morgan fingerprint density at radius 2 is 1.86 bits per heavy atom. The zero-order valence-corrected chi connectivity index (χ0v) is 26.6. The van der Waals surface area contributed by atoms with Gasteiger partial charge in [0.15, 0.2) is 11.5 Å². The molecule has 2 unspecified atom stereocenters. The molecule has 4 N–H and O–H groups in total. The Bertz CT molecular complexity index is 1620. The van der Waals surface area contributed by atoms with Gasteiger partial charge in [0.25, 0.3) is 0 Å². The summed E-state index contributed by atoms with van der Waals surface area (Å²) in [4.78, 5) is 25.8. The first-order valence-electron chi connectivity index (χ1n) is 14.7. The molecule has 0 aliphatic rings. The van der Waals surface area contributed by atoms with Crippen molar-refractivity contribution in [2.75, 3.05) is 18.9 Å². The van der Waals surface area contributed by atoms with Crippen molar-refractivity contribution in [3.05, 3.63) is 54.6 Å². The minimum absolute atomic E-state index is 0.0644. The minimum atomic E-state index is -4.32. The van der Waals surface area contributed by atoms with Gasteiger partial charge in [-0.05, 0) is 58.7 Å². The first-order valence-corrected chi connectivity index (χ1v) is 16.2. The van der Waals surface area contributed by atoms with Crippen LogP contribution in [0.3, 0.4) is 0 Å². The van der Waals surface area contributed by atoms with Crippen LogP contribution in [0.25, 0.3) is 21.9 Å². The van der Waals surface area contributed by atoms with E-state index in [0.29, 0.717) is 40.8 Å². The van der Waals surface area contributed by atoms with E-state index in [-0.39, 0.29) is 30.7 Å². The van der Waals surface area contributed by atoms with Crippen LogP contribution < -0.4 is 15.3 Å². The number of esters is 1. The van der Waals surface area contributed by atoms with Crippen LogP contribution >= 0.6 is 7.75 Å². The van der Waals surface area contributed by atoms with Gasteiger partial charge in [-0.25, -0.2) is 14.5 Å². The number of nitrogens with zero attached hydrogens (tertiary/aromatic N) is 4. The number of carbonyl (C=O) groups excluding carboxylic acids is 1. The molecule has 4 rings (SSSR count). The normalized spacial score (nSPS) is 15.2. The van der Waals surface area contributed by atoms with Crippen LogP contribution in [0.15, 0.2) is 48.8 Å². The third kappa shape index (κ3) is 7.72. The van der Waals surface area contributed by atoms with E-state index in [4.69, 9.17) is 29.2 Å². The molecule has 0 saturated carbocycles. The van der Waals surface area contributed by atoms with Crippen molar-refractivity contribution in [1.82, 2.24) is 24.6 Å². The number of rotatable bonds is 16. The molecule has 3 atom stereocenters. The molecule has 4 aromatic rings. The van der Waals surface area contributed by atoms with Crippen LogP contribution in [0.2, 0.25) is 0 Å². The number of benzene rings is 1. The second-order valence-electron chi connectivity index (χ2n) is 10.7. The molecule has 44 heavy (non-hydrogen) atoms. The second-order valence-corrected chi connectivity index (χ2v) is 12.4. The van der Waals surface area contributed by atoms with Gasteiger partial charge in [-0.15, -0.1) is 0 Å². The molecule has 0 bridgehead atoms. The van der Waals surface area contributed by atoms with E-state index in [1.807, 2.05) is 38.1 Å². The van der Waals surface area contributed by atoms with Gasteiger partial charge in [-0.1, -0.05) is 31.5 Å². The topological polar surface area (TPSA) is 173 Å². The molecule has 3 aromatic heterocycles. The second kappa shape index (κ2) is 14.4. The number of carbonyl (C=O) groups is 1. The third-order valence-electron chi connectivity index (χ3n) is 6.77. The lowest BCUT2D eigenvalue weighted by atomic mass is 10.1. The summed E-state index contributed by atoms with van der Waals surface area (Å²) in [6.07, 6.45) is 4.09. The van der Waals surface area contributed by atoms with Gasteiger partial charge in [-0.2, -0.15) is 5.09 Å². The number of imidazole rings is 1. The highest BCUT2D eigenvalue weighted by atomic mass is 31.2. The summed E-state index contributed by atoms with van der Waals surface area (Å²) in [7, 11) is -4.32. The van der Waals surface area contributed by atoms with Crippen LogP contribution in [0.4, 0.5) is 5.82 Å². The number of aliphatic hydroxyl groups is 1. The summed E-state index contributed by atoms with van der Waals surface area (Å²) >= 11 is 0. The summed E-state index contributed by atoms with van der Waals surface area (Å²) in [5.74, 6) is 0.130. The Morgan fingerprint density at radius 3 is 2.55 bits per heavy atom. The lowest BCUT2D eigenvalue weighted by Crippen LogP contribution is -2.41. The minimum Gasteiger partial charge on any atom is -0.462 e. The molecule has 14 heteroatoms. The molecule has 0 radical (unpaired) electrons. The van der Waals surface area contributed by atoms with E-state index >= 15 is 0 Å². The number of pyridine rings is 2. The highest BCUT2D eigenvalue weighted by Crippen LogP contribution is 2.47. The van der Waals surface area contributed by atoms with Gasteiger partial charge >= 0.3 is 13.7 Å². The predicted molar refractivity (Wildman–Crippen MR) is 167 cm³/mol. The number of anilines is 1. The zero-order valence-electron chi connectivity index (χ0n) is 25.7. The third-order valence-corrected chi connectivity index (χ3v) is 8.39. The number of aromatic nitrogens is 4. The van der Waals surface area contributed by atoms with E-state index < -0.39 is 32.1 Å². The summed E-state index contributed by atoms with van der Waals surface area (Å²) in [6.45, 7) is 8.73. The van der Waals surface area contributed by atoms with Crippen molar-refractivity contribution in [2.45, 2.75) is 78.4 Å². The van der Waals surface area contributed by atoms with E-state index in [9.17, 15) is 14.5 Å². The number of para-hydroxylation sites is 1. The van der Waals surface area contributed by atoms with Crippen molar-refractivity contribution >= 4 is 41.5 Å². The fraction of sp³-hybridized carbons (Fsp3) is 0.467. The molecule has 238 valence electrons. The van der Waals surface area contributed by atoms with Crippen LogP contribution in [0.1, 0.15) is 59.7 Å². The van der Waals surface area contributed by atoms with Gasteiger partial charge in [0.05, 0.1) is 17.1 Å². The number of fused-ring (bicyclic) bond motifs is 3. The molecule has 0 aliphatic carbocycles. The van der Waals surface area contributed by atoms with Gasteiger partial charge < -0.3 is 24.8 Å². The van der Waals surface area contributed by atoms with Crippen molar-refractivity contribution in [1.29, 1.82) is 0 Å². The molecule has 13 nitrogen and oxygen atoms in total. The van der Waals surface area contributed by atoms with E-state index in [2.05, 4.69) is 15.1 Å². The lowest BCUT2D eigenvalue weighted by Gasteiger charge is -2.33. The maximum Gasteiger partial charge on any atom is 0.459 e. The fourth-order valence-corrected chi connectivity index (χ4v) is 6.27. The lowest BCUT2D eigenvalue weighted by molar-refractivity contribution is -0.149. The molecule has 3 heterocycles. The van der Waals surface area contributed by atoms with Crippen molar-refractivity contribution in [2.24, 2.45) is 0 Å². The maximum atomic E-state index is 14.3. The predicted octanol–water partition coefficient (Wildman–Crippen LogP) is 5.07. The van der Waals surface area contributed by atoms with Gasteiger partial charge in [-0.3, -0.25) is 18.9 Å². The standard InChI is InChI=1S/C30H41N6O7P/c1-6-8-15-30(38,19-41-44(39,43-22-13-16-32-17-14-22)35-21(5)29(37)42-20(3)4)36-25(18-40-7-2)34-26-27(36)23-11-9-10-12-24(23)33-28(26)31/h9-14,16-17,20-21,38H,6-8,15,18-19H2,1-5H3,(H2,31,33)(H,35,39)/t21-,30?,44?/m0/s1. The number of nitrogen functional groups attached to an aromatic ring is 1. The number of ether oxygens (including phenoxy) is 2. The molecule has 0 saturated heterocycles. The number of hydrogen-bond donors (Lipinski definition) is 3. The van der Waals surface area contributed by atoms with Crippen molar-refractivity contribution in [3.63, 3.8) is 0 Å². The Hall–Kier alpha value is -3.61. The van der Waals surface area contributed by atoms with E-state index in [1.54, 1.807) is 18.4 Å². The largest absolute Gasteiger partial charge is 0.462 e. The summed E-state index contributed by atoms with van der Waals surface area (Å²) in [6, 6.07) is 9.34. The summed E-state index contributed by atoms with van der Waals surface area (Å²) < 4.78 is 38.7. The monoisotopic (exact) mass is 628 g/mol. The molecule has 0 amide bonds. The first-order chi connectivity index (χ1) is 21.0. The highest BCUT2D eigenvalue weighted by Gasteiger charge is 2.40. The molecular formula is C30H41N6O7P. The van der Waals surface area contributed by atoms with Crippen LogP contribution in [0, 0.1) is 0 Å². The number of unbranched alkanes of at least 4 members (excludes halogenated alkanes) is 1. The molecule has 0 fully saturated rings. The average molecular weight is 629 g/mol. The Kier molecular flexibility index (Phi) is 10.9. The maximum absolute atomic E-state index is 14.3. The quantitative estimate of drug-likeness (QED) is 0.111. The molecule has 0 spiro atoms. The van der Waals surface area contributed by atoms with Crippen LogP contribution in [-0.4, -0.2) is 56.0 Å². The Morgan fingerprint density at radius 1 is 1.14 bits per heavy atom. The van der Waals surface area contributed by atoms with Gasteiger partial charge in [0, 0.05) is 24.4 Å². The van der Waals surface area contributed by atoms with Gasteiger partial charge in [0.2, 0.25) is 0 Å². The summed E-state index contributed by atoms with van der Waals surface area (Å²) in [5.41, 5.74) is 6.11. The van der Waals surface area contributed by atoms with Gasteiger partial charge in [0.1, 0.15) is 36.3 Å². The highest BCUT2D eigenvalue weighted by molar-refractivity contribution is 7.52. The van der Waals surface area contributed by atoms with Crippen LogP contribution in [0.5, 0.6) is 5.75 Å². The SMILES string of the molecule is CCCCC(O)(COP(=O)(N[C@@H](C)C(=O)OC(C)C)Oc1ccncc1)n1c(COCC)nc2c(N)nc3ccccc3c21. The Labute approximate surface area is 256 Å². The summed E-state index contributed by atoms with van der Waals surface area (Å²) in [5, 5.41) is 15.9. The number of nitrogens with one attached hydrogen (secondary N) is 1. The molecular weight excluding hydrogens is 587 g/mol. The van der Waals surface area contributed by atoms with Crippen molar-refractivity contribution < 1.29 is 33.0 Å². The smallest absolute Gasteiger partial charge is 0.459 e. The van der Waals surface area contributed by atoms with E-state index in [0.717, 1.165) is 6.42 Å².